The molecule has 0 unspecified atom stereocenters. The van der Waals surface area contributed by atoms with Crippen molar-refractivity contribution in [2.24, 2.45) is 0 Å². The van der Waals surface area contributed by atoms with Gasteiger partial charge in [0.25, 0.3) is 0 Å². The fourth-order valence-corrected chi connectivity index (χ4v) is 2.16. The molecule has 3 N–H and O–H groups in total. The van der Waals surface area contributed by atoms with Crippen molar-refractivity contribution < 1.29 is 20.1 Å². The molecule has 128 valence electrons. The maximum Gasteiger partial charge on any atom is 0.303 e. The molecule has 0 aromatic carbocycles. The molecule has 0 fully saturated rings. The number of carboxylic acid groups (broad SMARTS) is 1. The second-order valence-electron chi connectivity index (χ2n) is 5.75. The third kappa shape index (κ3) is 15.3. The maximum atomic E-state index is 10.3. The lowest BCUT2D eigenvalue weighted by molar-refractivity contribution is -0.137. The average molecular weight is 312 g/mol. The van der Waals surface area contributed by atoms with E-state index in [0.717, 1.165) is 44.9 Å². The minimum atomic E-state index is -0.744. The molecule has 0 saturated carbocycles. The van der Waals surface area contributed by atoms with Crippen molar-refractivity contribution in [2.75, 3.05) is 0 Å². The lowest BCUT2D eigenvalue weighted by Crippen LogP contribution is -2.02. The standard InChI is InChI=1S/C18H32O4/c1-2-3-6-11-16(19)13-9-10-14-17(20)12-7-4-5-8-15-18(21)22/h9-10,13-14,16-17,19-20H,2-8,11-12,15H2,1H3,(H,21,22)/b13-9+,14-10-/t16-,17-/m1/s1. The zero-order valence-electron chi connectivity index (χ0n) is 13.8. The molecule has 0 aliphatic carbocycles. The van der Waals surface area contributed by atoms with Crippen molar-refractivity contribution in [1.82, 2.24) is 0 Å². The zero-order chi connectivity index (χ0) is 16.6. The molecule has 22 heavy (non-hydrogen) atoms. The predicted molar refractivity (Wildman–Crippen MR) is 89.8 cm³/mol. The summed E-state index contributed by atoms with van der Waals surface area (Å²) in [4.78, 5) is 10.3. The normalized spacial score (nSPS) is 14.7. The van der Waals surface area contributed by atoms with Gasteiger partial charge in [0.1, 0.15) is 0 Å². The van der Waals surface area contributed by atoms with E-state index in [1.165, 1.54) is 0 Å². The summed E-state index contributed by atoms with van der Waals surface area (Å²) < 4.78 is 0. The van der Waals surface area contributed by atoms with Gasteiger partial charge in [0, 0.05) is 6.42 Å². The van der Waals surface area contributed by atoms with Crippen molar-refractivity contribution in [3.05, 3.63) is 24.3 Å². The molecular formula is C18H32O4. The average Bonchev–Trinajstić information content (AvgIpc) is 2.47. The molecule has 0 aromatic heterocycles. The van der Waals surface area contributed by atoms with Crippen LogP contribution in [-0.2, 0) is 4.79 Å². The number of hydrogen-bond acceptors (Lipinski definition) is 3. The largest absolute Gasteiger partial charge is 0.481 e. The first kappa shape index (κ1) is 20.9. The number of allylic oxidation sites excluding steroid dienone is 2. The van der Waals surface area contributed by atoms with E-state index in [1.807, 2.05) is 0 Å². The smallest absolute Gasteiger partial charge is 0.303 e. The molecule has 4 nitrogen and oxygen atoms in total. The zero-order valence-corrected chi connectivity index (χ0v) is 13.8. The van der Waals surface area contributed by atoms with Crippen LogP contribution in [0.3, 0.4) is 0 Å². The Morgan fingerprint density at radius 3 is 1.86 bits per heavy atom. The Bertz CT molecular complexity index is 323. The van der Waals surface area contributed by atoms with Gasteiger partial charge in [0.15, 0.2) is 0 Å². The number of aliphatic carboxylic acids is 1. The SMILES string of the molecule is CCCCC[C@@H](O)/C=C/C=C\[C@H](O)CCCCCCC(=O)O. The molecular weight excluding hydrogens is 280 g/mol. The van der Waals surface area contributed by atoms with Crippen LogP contribution < -0.4 is 0 Å². The van der Waals surface area contributed by atoms with Gasteiger partial charge in [-0.2, -0.15) is 0 Å². The number of hydrogen-bond donors (Lipinski definition) is 3. The van der Waals surface area contributed by atoms with E-state index in [0.29, 0.717) is 12.8 Å². The second-order valence-corrected chi connectivity index (χ2v) is 5.75. The summed E-state index contributed by atoms with van der Waals surface area (Å²) in [6.45, 7) is 2.14. The van der Waals surface area contributed by atoms with E-state index in [-0.39, 0.29) is 6.42 Å². The van der Waals surface area contributed by atoms with Gasteiger partial charge in [-0.05, 0) is 19.3 Å². The minimum Gasteiger partial charge on any atom is -0.481 e. The predicted octanol–water partition coefficient (Wildman–Crippen LogP) is 3.83. The van der Waals surface area contributed by atoms with E-state index in [2.05, 4.69) is 6.92 Å². The Labute approximate surface area is 134 Å². The number of aliphatic hydroxyl groups excluding tert-OH is 2. The van der Waals surface area contributed by atoms with Crippen LogP contribution in [0.25, 0.3) is 0 Å². The third-order valence-corrected chi connectivity index (χ3v) is 3.52. The Kier molecular flexibility index (Phi) is 14.0. The fourth-order valence-electron chi connectivity index (χ4n) is 2.16. The Morgan fingerprint density at radius 1 is 0.864 bits per heavy atom. The van der Waals surface area contributed by atoms with Crippen LogP contribution >= 0.6 is 0 Å². The van der Waals surface area contributed by atoms with Gasteiger partial charge in [-0.25, -0.2) is 0 Å². The van der Waals surface area contributed by atoms with Crippen molar-refractivity contribution in [3.63, 3.8) is 0 Å². The summed E-state index contributed by atoms with van der Waals surface area (Å²) in [5.41, 5.74) is 0. The fraction of sp³-hybridized carbons (Fsp3) is 0.722. The van der Waals surface area contributed by atoms with Crippen LogP contribution in [0.5, 0.6) is 0 Å². The highest BCUT2D eigenvalue weighted by molar-refractivity contribution is 5.66. The number of carbonyl (C=O) groups is 1. The molecule has 0 aliphatic heterocycles. The molecule has 4 heteroatoms. The van der Waals surface area contributed by atoms with E-state index in [4.69, 9.17) is 5.11 Å². The minimum absolute atomic E-state index is 0.230. The molecule has 0 aromatic rings. The summed E-state index contributed by atoms with van der Waals surface area (Å²) in [6.07, 6.45) is 14.7. The van der Waals surface area contributed by atoms with E-state index in [1.54, 1.807) is 24.3 Å². The first-order valence-electron chi connectivity index (χ1n) is 8.49. The van der Waals surface area contributed by atoms with Crippen molar-refractivity contribution in [3.8, 4) is 0 Å². The molecule has 2 atom stereocenters. The van der Waals surface area contributed by atoms with Crippen LogP contribution in [0.2, 0.25) is 0 Å². The van der Waals surface area contributed by atoms with Gasteiger partial charge in [-0.1, -0.05) is 69.8 Å². The van der Waals surface area contributed by atoms with Crippen LogP contribution in [0, 0.1) is 0 Å². The number of carboxylic acids is 1. The van der Waals surface area contributed by atoms with E-state index in [9.17, 15) is 15.0 Å². The van der Waals surface area contributed by atoms with Crippen LogP contribution in [0.1, 0.15) is 71.1 Å². The Balaban J connectivity index is 3.60. The molecule has 0 bridgehead atoms. The van der Waals surface area contributed by atoms with E-state index >= 15 is 0 Å². The van der Waals surface area contributed by atoms with Gasteiger partial charge in [-0.3, -0.25) is 4.79 Å². The van der Waals surface area contributed by atoms with Crippen LogP contribution in [-0.4, -0.2) is 33.5 Å². The third-order valence-electron chi connectivity index (χ3n) is 3.52. The summed E-state index contributed by atoms with van der Waals surface area (Å²) in [5.74, 6) is -0.744. The highest BCUT2D eigenvalue weighted by Gasteiger charge is 2.00. The van der Waals surface area contributed by atoms with Crippen LogP contribution in [0.15, 0.2) is 24.3 Å². The topological polar surface area (TPSA) is 77.8 Å². The van der Waals surface area contributed by atoms with Gasteiger partial charge < -0.3 is 15.3 Å². The summed E-state index contributed by atoms with van der Waals surface area (Å²) >= 11 is 0. The van der Waals surface area contributed by atoms with Crippen molar-refractivity contribution in [2.45, 2.75) is 83.3 Å². The van der Waals surface area contributed by atoms with Gasteiger partial charge in [-0.15, -0.1) is 0 Å². The quantitative estimate of drug-likeness (QED) is 0.336. The Hall–Kier alpha value is -1.13. The highest BCUT2D eigenvalue weighted by atomic mass is 16.4. The van der Waals surface area contributed by atoms with Gasteiger partial charge in [0.2, 0.25) is 0 Å². The molecule has 0 aliphatic rings. The number of unbranched alkanes of at least 4 members (excludes halogenated alkanes) is 5. The van der Waals surface area contributed by atoms with Gasteiger partial charge in [0.05, 0.1) is 12.2 Å². The summed E-state index contributed by atoms with van der Waals surface area (Å²) in [7, 11) is 0. The Morgan fingerprint density at radius 2 is 1.36 bits per heavy atom. The van der Waals surface area contributed by atoms with Crippen molar-refractivity contribution >= 4 is 5.97 Å². The molecule has 0 rings (SSSR count). The number of rotatable bonds is 14. The first-order valence-corrected chi connectivity index (χ1v) is 8.49. The lowest BCUT2D eigenvalue weighted by atomic mass is 10.1. The summed E-state index contributed by atoms with van der Waals surface area (Å²) in [5, 5.41) is 27.9. The maximum absolute atomic E-state index is 10.3. The second kappa shape index (κ2) is 14.8. The molecule has 0 heterocycles. The lowest BCUT2D eigenvalue weighted by Gasteiger charge is -2.05. The molecule has 0 spiro atoms. The summed E-state index contributed by atoms with van der Waals surface area (Å²) in [6, 6.07) is 0. The molecule has 0 saturated heterocycles. The molecule has 0 amide bonds. The molecule has 0 radical (unpaired) electrons. The number of aliphatic hydroxyl groups is 2. The van der Waals surface area contributed by atoms with E-state index < -0.39 is 18.2 Å². The first-order chi connectivity index (χ1) is 10.6. The van der Waals surface area contributed by atoms with Crippen molar-refractivity contribution in [1.29, 1.82) is 0 Å². The monoisotopic (exact) mass is 312 g/mol. The van der Waals surface area contributed by atoms with Gasteiger partial charge >= 0.3 is 5.97 Å². The van der Waals surface area contributed by atoms with Crippen LogP contribution in [0.4, 0.5) is 0 Å². The highest BCUT2D eigenvalue weighted by Crippen LogP contribution is 2.08.